The fourth-order valence-electron chi connectivity index (χ4n) is 4.68. The van der Waals surface area contributed by atoms with Crippen molar-refractivity contribution in [2.75, 3.05) is 59.2 Å². The van der Waals surface area contributed by atoms with Crippen LogP contribution in [0, 0.1) is 13.8 Å². The molecule has 3 saturated heterocycles. The summed E-state index contributed by atoms with van der Waals surface area (Å²) in [5.41, 5.74) is 2.62. The lowest BCUT2D eigenvalue weighted by atomic mass is 9.99. The predicted octanol–water partition coefficient (Wildman–Crippen LogP) is 2.03. The first-order valence-corrected chi connectivity index (χ1v) is 10.5. The van der Waals surface area contributed by atoms with Gasteiger partial charge in [-0.25, -0.2) is 0 Å². The van der Waals surface area contributed by atoms with Crippen LogP contribution < -0.4 is 0 Å². The van der Waals surface area contributed by atoms with E-state index in [1.165, 1.54) is 0 Å². The quantitative estimate of drug-likeness (QED) is 0.793. The Labute approximate surface area is 167 Å². The number of amides is 1. The molecular weight excluding hydrogens is 356 g/mol. The zero-order chi connectivity index (χ0) is 19.6. The Hall–Kier alpha value is -1.47. The molecule has 1 spiro atoms. The molecule has 0 unspecified atom stereocenters. The molecule has 0 radical (unpaired) electrons. The number of carbonyl (C=O) groups is 1. The van der Waals surface area contributed by atoms with Crippen LogP contribution in [0.5, 0.6) is 0 Å². The Morgan fingerprint density at radius 2 is 1.79 bits per heavy atom. The molecular formula is C22H32N2O4. The normalized spacial score (nSPS) is 29.2. The molecule has 6 nitrogen and oxygen atoms in total. The zero-order valence-corrected chi connectivity index (χ0v) is 17.1. The maximum absolute atomic E-state index is 13.2. The topological polar surface area (TPSA) is 51.2 Å². The molecule has 1 amide bonds. The average Bonchev–Trinajstić information content (AvgIpc) is 2.93. The number of nitrogens with zero attached hydrogens (tertiary/aromatic N) is 2. The number of hydrogen-bond acceptors (Lipinski definition) is 5. The van der Waals surface area contributed by atoms with Gasteiger partial charge in [0.05, 0.1) is 39.1 Å². The van der Waals surface area contributed by atoms with Crippen LogP contribution in [0.15, 0.2) is 18.2 Å². The van der Waals surface area contributed by atoms with E-state index < -0.39 is 0 Å². The van der Waals surface area contributed by atoms with Crippen molar-refractivity contribution in [1.29, 1.82) is 0 Å². The molecule has 3 heterocycles. The summed E-state index contributed by atoms with van der Waals surface area (Å²) in [6.07, 6.45) is 2.17. The molecule has 3 fully saturated rings. The summed E-state index contributed by atoms with van der Waals surface area (Å²) in [6, 6.07) is 6.05. The number of benzene rings is 1. The average molecular weight is 389 g/mol. The number of carbonyl (C=O) groups excluding carboxylic acids is 1. The summed E-state index contributed by atoms with van der Waals surface area (Å²) >= 11 is 0. The molecule has 0 aromatic heterocycles. The highest BCUT2D eigenvalue weighted by Gasteiger charge is 2.44. The molecule has 154 valence electrons. The Bertz CT molecular complexity index is 684. The molecule has 3 aliphatic heterocycles. The van der Waals surface area contributed by atoms with E-state index in [4.69, 9.17) is 14.2 Å². The first kappa shape index (κ1) is 19.8. The number of hydrogen-bond donors (Lipinski definition) is 0. The van der Waals surface area contributed by atoms with E-state index in [2.05, 4.69) is 11.0 Å². The van der Waals surface area contributed by atoms with Crippen LogP contribution in [0.4, 0.5) is 0 Å². The third-order valence-corrected chi connectivity index (χ3v) is 6.01. The third kappa shape index (κ3) is 4.57. The van der Waals surface area contributed by atoms with Gasteiger partial charge < -0.3 is 19.1 Å². The highest BCUT2D eigenvalue weighted by atomic mass is 16.6. The van der Waals surface area contributed by atoms with Gasteiger partial charge in [-0.05, 0) is 38.8 Å². The molecule has 0 saturated carbocycles. The van der Waals surface area contributed by atoms with Crippen molar-refractivity contribution in [1.82, 2.24) is 9.80 Å². The summed E-state index contributed by atoms with van der Waals surface area (Å²) in [5, 5.41) is 0. The zero-order valence-electron chi connectivity index (χ0n) is 17.1. The molecule has 1 aromatic rings. The second kappa shape index (κ2) is 8.49. The molecule has 0 bridgehead atoms. The van der Waals surface area contributed by atoms with Gasteiger partial charge >= 0.3 is 0 Å². The van der Waals surface area contributed by atoms with Crippen molar-refractivity contribution >= 4 is 5.91 Å². The third-order valence-electron chi connectivity index (χ3n) is 6.01. The minimum Gasteiger partial charge on any atom is -0.379 e. The van der Waals surface area contributed by atoms with E-state index in [1.54, 1.807) is 0 Å². The number of morpholine rings is 1. The molecule has 0 N–H and O–H groups in total. The van der Waals surface area contributed by atoms with Crippen LogP contribution in [-0.2, 0) is 14.2 Å². The van der Waals surface area contributed by atoms with Crippen LogP contribution in [-0.4, -0.2) is 86.6 Å². The van der Waals surface area contributed by atoms with E-state index in [1.807, 2.05) is 30.9 Å². The first-order valence-electron chi connectivity index (χ1n) is 10.5. The van der Waals surface area contributed by atoms with Crippen molar-refractivity contribution in [3.05, 3.63) is 34.9 Å². The largest absolute Gasteiger partial charge is 0.379 e. The van der Waals surface area contributed by atoms with Crippen molar-refractivity contribution in [3.8, 4) is 0 Å². The highest BCUT2D eigenvalue weighted by molar-refractivity contribution is 5.94. The molecule has 6 heteroatoms. The van der Waals surface area contributed by atoms with E-state index in [-0.39, 0.29) is 17.6 Å². The van der Waals surface area contributed by atoms with Gasteiger partial charge in [0, 0.05) is 31.7 Å². The first-order chi connectivity index (χ1) is 13.5. The standard InChI is InChI=1S/C22H32N2O4/c1-17-11-18(2)13-19(12-17)21(25)24-7-10-27-16-22(15-24)4-3-20(28-22)14-23-5-8-26-9-6-23/h11-13,20H,3-10,14-16H2,1-2H3/t20-,22-/m1/s1. The maximum Gasteiger partial charge on any atom is 0.254 e. The van der Waals surface area contributed by atoms with Gasteiger partial charge in [0.1, 0.15) is 5.60 Å². The van der Waals surface area contributed by atoms with Crippen LogP contribution in [0.25, 0.3) is 0 Å². The van der Waals surface area contributed by atoms with Gasteiger partial charge in [0.15, 0.2) is 0 Å². The fourth-order valence-corrected chi connectivity index (χ4v) is 4.68. The van der Waals surface area contributed by atoms with Gasteiger partial charge in [-0.15, -0.1) is 0 Å². The van der Waals surface area contributed by atoms with Gasteiger partial charge in [0.25, 0.3) is 5.91 Å². The van der Waals surface area contributed by atoms with Gasteiger partial charge in [-0.1, -0.05) is 17.2 Å². The van der Waals surface area contributed by atoms with Crippen LogP contribution in [0.1, 0.15) is 34.3 Å². The van der Waals surface area contributed by atoms with Gasteiger partial charge in [-0.2, -0.15) is 0 Å². The van der Waals surface area contributed by atoms with Gasteiger partial charge in [0.2, 0.25) is 0 Å². The second-order valence-electron chi connectivity index (χ2n) is 8.53. The van der Waals surface area contributed by atoms with E-state index in [0.29, 0.717) is 26.3 Å². The second-order valence-corrected chi connectivity index (χ2v) is 8.53. The SMILES string of the molecule is Cc1cc(C)cc(C(=O)N2CCOC[C@@]3(CC[C@H](CN4CCOCC4)O3)C2)c1. The Morgan fingerprint density at radius 1 is 1.07 bits per heavy atom. The summed E-state index contributed by atoms with van der Waals surface area (Å²) in [4.78, 5) is 17.5. The minimum atomic E-state index is -0.373. The smallest absolute Gasteiger partial charge is 0.254 e. The Kier molecular flexibility index (Phi) is 6.01. The summed E-state index contributed by atoms with van der Waals surface area (Å²) in [6.45, 7) is 10.9. The molecule has 2 atom stereocenters. The molecule has 3 aliphatic rings. The van der Waals surface area contributed by atoms with Crippen LogP contribution in [0.3, 0.4) is 0 Å². The molecule has 1 aromatic carbocycles. The Morgan fingerprint density at radius 3 is 2.54 bits per heavy atom. The number of aryl methyl sites for hydroxylation is 2. The highest BCUT2D eigenvalue weighted by Crippen LogP contribution is 2.34. The lowest BCUT2D eigenvalue weighted by molar-refractivity contribution is -0.0945. The summed E-state index contributed by atoms with van der Waals surface area (Å²) in [5.74, 6) is 0.0805. The number of ether oxygens (including phenoxy) is 3. The maximum atomic E-state index is 13.2. The lowest BCUT2D eigenvalue weighted by Crippen LogP contribution is -2.48. The van der Waals surface area contributed by atoms with Crippen molar-refractivity contribution < 1.29 is 19.0 Å². The summed E-state index contributed by atoms with van der Waals surface area (Å²) < 4.78 is 17.9. The van der Waals surface area contributed by atoms with Crippen LogP contribution in [0.2, 0.25) is 0 Å². The molecule has 0 aliphatic carbocycles. The Balaban J connectivity index is 1.43. The van der Waals surface area contributed by atoms with E-state index in [9.17, 15) is 4.79 Å². The van der Waals surface area contributed by atoms with E-state index >= 15 is 0 Å². The molecule has 4 rings (SSSR count). The lowest BCUT2D eigenvalue weighted by Gasteiger charge is -2.33. The number of rotatable bonds is 3. The van der Waals surface area contributed by atoms with Crippen LogP contribution >= 0.6 is 0 Å². The van der Waals surface area contributed by atoms with Crippen molar-refractivity contribution in [3.63, 3.8) is 0 Å². The fraction of sp³-hybridized carbons (Fsp3) is 0.682. The predicted molar refractivity (Wildman–Crippen MR) is 107 cm³/mol. The van der Waals surface area contributed by atoms with Crippen molar-refractivity contribution in [2.45, 2.75) is 38.4 Å². The minimum absolute atomic E-state index is 0.0805. The monoisotopic (exact) mass is 388 g/mol. The van der Waals surface area contributed by atoms with Crippen molar-refractivity contribution in [2.24, 2.45) is 0 Å². The summed E-state index contributed by atoms with van der Waals surface area (Å²) in [7, 11) is 0. The van der Waals surface area contributed by atoms with E-state index in [0.717, 1.165) is 62.4 Å². The van der Waals surface area contributed by atoms with Gasteiger partial charge in [-0.3, -0.25) is 9.69 Å². The molecule has 28 heavy (non-hydrogen) atoms.